The molecule has 0 aliphatic heterocycles. The summed E-state index contributed by atoms with van der Waals surface area (Å²) in [6.45, 7) is 0. The molecule has 0 saturated carbocycles. The SMILES string of the molecule is O=C(O)[CH]C(=O)O. The maximum Gasteiger partial charge on any atom is 0.319 e. The van der Waals surface area contributed by atoms with Gasteiger partial charge in [-0.3, -0.25) is 9.59 Å². The number of carboxylic acid groups (broad SMARTS) is 2. The predicted octanol–water partition coefficient (Wildman–Crippen LogP) is -0.640. The Morgan fingerprint density at radius 1 is 1.14 bits per heavy atom. The molecule has 0 saturated heterocycles. The Balaban J connectivity index is 3.32. The topological polar surface area (TPSA) is 74.6 Å². The summed E-state index contributed by atoms with van der Waals surface area (Å²) in [5.74, 6) is -2.87. The lowest BCUT2D eigenvalue weighted by molar-refractivity contribution is -0.140. The van der Waals surface area contributed by atoms with Crippen LogP contribution >= 0.6 is 0 Å². The zero-order valence-electron chi connectivity index (χ0n) is 3.29. The van der Waals surface area contributed by atoms with Gasteiger partial charge in [-0.25, -0.2) is 0 Å². The van der Waals surface area contributed by atoms with E-state index in [9.17, 15) is 9.59 Å². The molecule has 2 N–H and O–H groups in total. The average molecular weight is 103 g/mol. The molecule has 4 nitrogen and oxygen atoms in total. The largest absolute Gasteiger partial charge is 0.481 e. The van der Waals surface area contributed by atoms with Crippen molar-refractivity contribution in [2.24, 2.45) is 0 Å². The molecule has 0 aromatic carbocycles. The van der Waals surface area contributed by atoms with Gasteiger partial charge >= 0.3 is 11.9 Å². The molecule has 0 spiro atoms. The van der Waals surface area contributed by atoms with Crippen molar-refractivity contribution >= 4 is 11.9 Å². The minimum Gasteiger partial charge on any atom is -0.481 e. The molecule has 0 aliphatic carbocycles. The zero-order chi connectivity index (χ0) is 5.86. The Hall–Kier alpha value is -1.06. The van der Waals surface area contributed by atoms with Crippen LogP contribution in [0.2, 0.25) is 0 Å². The molecule has 0 rings (SSSR count). The van der Waals surface area contributed by atoms with E-state index in [4.69, 9.17) is 10.2 Å². The molecule has 0 unspecified atom stereocenters. The van der Waals surface area contributed by atoms with Gasteiger partial charge in [-0.15, -0.1) is 0 Å². The second-order valence-corrected chi connectivity index (χ2v) is 0.821. The number of carbonyl (C=O) groups is 2. The van der Waals surface area contributed by atoms with Crippen LogP contribution in [0.5, 0.6) is 0 Å². The van der Waals surface area contributed by atoms with Crippen LogP contribution in [0.4, 0.5) is 0 Å². The highest BCUT2D eigenvalue weighted by Crippen LogP contribution is 1.72. The molecule has 39 valence electrons. The van der Waals surface area contributed by atoms with Crippen LogP contribution in [0.15, 0.2) is 0 Å². The molecule has 0 fully saturated rings. The van der Waals surface area contributed by atoms with Gasteiger partial charge in [0.1, 0.15) is 0 Å². The van der Waals surface area contributed by atoms with Crippen LogP contribution in [0.1, 0.15) is 0 Å². The summed E-state index contributed by atoms with van der Waals surface area (Å²) in [5, 5.41) is 15.3. The van der Waals surface area contributed by atoms with Gasteiger partial charge in [-0.1, -0.05) is 0 Å². The van der Waals surface area contributed by atoms with Crippen molar-refractivity contribution < 1.29 is 19.8 Å². The van der Waals surface area contributed by atoms with E-state index in [1.807, 2.05) is 0 Å². The lowest BCUT2D eigenvalue weighted by atomic mass is 10.5. The minimum atomic E-state index is -1.44. The van der Waals surface area contributed by atoms with Crippen LogP contribution in [-0.2, 0) is 9.59 Å². The second kappa shape index (κ2) is 2.17. The first-order valence-corrected chi connectivity index (χ1v) is 1.43. The van der Waals surface area contributed by atoms with E-state index in [1.165, 1.54) is 0 Å². The van der Waals surface area contributed by atoms with Gasteiger partial charge in [0, 0.05) is 0 Å². The van der Waals surface area contributed by atoms with E-state index >= 15 is 0 Å². The number of aliphatic carboxylic acids is 2. The fraction of sp³-hybridized carbons (Fsp3) is 0. The molecule has 0 amide bonds. The smallest absolute Gasteiger partial charge is 0.319 e. The maximum absolute atomic E-state index is 9.37. The quantitative estimate of drug-likeness (QED) is 0.456. The third-order valence-corrected chi connectivity index (χ3v) is 0.247. The number of hydrogen-bond acceptors (Lipinski definition) is 2. The van der Waals surface area contributed by atoms with Crippen LogP contribution < -0.4 is 0 Å². The Kier molecular flexibility index (Phi) is 1.84. The highest BCUT2D eigenvalue weighted by molar-refractivity contribution is 6.01. The maximum atomic E-state index is 9.37. The summed E-state index contributed by atoms with van der Waals surface area (Å²) in [7, 11) is 0. The van der Waals surface area contributed by atoms with Gasteiger partial charge in [0.2, 0.25) is 0 Å². The van der Waals surface area contributed by atoms with Gasteiger partial charge in [-0.05, 0) is 0 Å². The highest BCUT2D eigenvalue weighted by Gasteiger charge is 2.02. The van der Waals surface area contributed by atoms with Crippen molar-refractivity contribution in [2.75, 3.05) is 0 Å². The van der Waals surface area contributed by atoms with Crippen LogP contribution in [0.3, 0.4) is 0 Å². The van der Waals surface area contributed by atoms with Crippen molar-refractivity contribution in [1.82, 2.24) is 0 Å². The number of rotatable bonds is 2. The Morgan fingerprint density at radius 3 is 1.43 bits per heavy atom. The summed E-state index contributed by atoms with van der Waals surface area (Å²) in [4.78, 5) is 18.7. The van der Waals surface area contributed by atoms with E-state index in [1.54, 1.807) is 0 Å². The lowest BCUT2D eigenvalue weighted by Crippen LogP contribution is -2.05. The molecule has 0 bridgehead atoms. The van der Waals surface area contributed by atoms with Crippen molar-refractivity contribution in [1.29, 1.82) is 0 Å². The fourth-order valence-corrected chi connectivity index (χ4v) is 0.106. The molecule has 0 aromatic heterocycles. The predicted molar refractivity (Wildman–Crippen MR) is 19.6 cm³/mol. The zero-order valence-corrected chi connectivity index (χ0v) is 3.29. The summed E-state index contributed by atoms with van der Waals surface area (Å²) < 4.78 is 0. The molecular weight excluding hydrogens is 100 g/mol. The minimum absolute atomic E-state index is 0.167. The first-order valence-electron chi connectivity index (χ1n) is 1.43. The normalized spacial score (nSPS) is 8.00. The van der Waals surface area contributed by atoms with E-state index in [-0.39, 0.29) is 6.42 Å². The Bertz CT molecular complexity index is 83.1. The summed E-state index contributed by atoms with van der Waals surface area (Å²) in [6.07, 6.45) is 0.167. The van der Waals surface area contributed by atoms with Crippen molar-refractivity contribution in [3.05, 3.63) is 6.42 Å². The van der Waals surface area contributed by atoms with Crippen molar-refractivity contribution in [2.45, 2.75) is 0 Å². The summed E-state index contributed by atoms with van der Waals surface area (Å²) >= 11 is 0. The Labute approximate surface area is 39.4 Å². The van der Waals surface area contributed by atoms with Crippen molar-refractivity contribution in [3.8, 4) is 0 Å². The number of carboxylic acids is 2. The molecule has 0 heterocycles. The average Bonchev–Trinajstić information content (AvgIpc) is 1.27. The van der Waals surface area contributed by atoms with E-state index in [2.05, 4.69) is 0 Å². The van der Waals surface area contributed by atoms with Gasteiger partial charge in [0.05, 0.1) is 0 Å². The van der Waals surface area contributed by atoms with Crippen LogP contribution in [0, 0.1) is 6.42 Å². The van der Waals surface area contributed by atoms with Crippen LogP contribution in [0.25, 0.3) is 0 Å². The monoisotopic (exact) mass is 103 g/mol. The summed E-state index contributed by atoms with van der Waals surface area (Å²) in [6, 6.07) is 0. The lowest BCUT2D eigenvalue weighted by Gasteiger charge is -1.79. The molecular formula is C3H3O4. The highest BCUT2D eigenvalue weighted by atomic mass is 16.4. The molecule has 0 aromatic rings. The van der Waals surface area contributed by atoms with E-state index in [0.717, 1.165) is 0 Å². The Morgan fingerprint density at radius 2 is 1.43 bits per heavy atom. The molecule has 4 heteroatoms. The van der Waals surface area contributed by atoms with Gasteiger partial charge in [0.25, 0.3) is 0 Å². The van der Waals surface area contributed by atoms with E-state index in [0.29, 0.717) is 0 Å². The van der Waals surface area contributed by atoms with Gasteiger partial charge in [-0.2, -0.15) is 0 Å². The second-order valence-electron chi connectivity index (χ2n) is 0.821. The molecule has 7 heavy (non-hydrogen) atoms. The van der Waals surface area contributed by atoms with Gasteiger partial charge < -0.3 is 10.2 Å². The van der Waals surface area contributed by atoms with Crippen molar-refractivity contribution in [3.63, 3.8) is 0 Å². The summed E-state index contributed by atoms with van der Waals surface area (Å²) in [5.41, 5.74) is 0. The first kappa shape index (κ1) is 5.94. The fourth-order valence-electron chi connectivity index (χ4n) is 0.106. The third-order valence-electron chi connectivity index (χ3n) is 0.247. The standard InChI is InChI=1S/C3H3O4/c4-2(5)1-3(6)7/h1H,(H,4,5)(H,6,7). The number of hydrogen-bond donors (Lipinski definition) is 2. The third kappa shape index (κ3) is 4.94. The molecule has 1 radical (unpaired) electrons. The van der Waals surface area contributed by atoms with E-state index < -0.39 is 11.9 Å². The molecule has 0 atom stereocenters. The van der Waals surface area contributed by atoms with Gasteiger partial charge in [0.15, 0.2) is 6.42 Å². The van der Waals surface area contributed by atoms with Crippen LogP contribution in [-0.4, -0.2) is 22.2 Å². The first-order chi connectivity index (χ1) is 3.13. The molecule has 0 aliphatic rings.